The SMILES string of the molecule is C/C=C(\C/C=C(\CCc1ccccc1C(=O)N1CCN(C(=O)CCC(=O)NCCN(CC=O)C(=O)Cn2ccc(N)nc2=O)CC1)OCC/C=C\CCC)N(CC)CC.CC.CC.CC.CC[NH2+]CC. The van der Waals surface area contributed by atoms with E-state index in [2.05, 4.69) is 86.4 Å². The first-order chi connectivity index (χ1) is 34.0. The van der Waals surface area contributed by atoms with Crippen LogP contribution in [0.5, 0.6) is 0 Å². The Kier molecular flexibility index (Phi) is 41.0. The van der Waals surface area contributed by atoms with Crippen LogP contribution in [0.25, 0.3) is 0 Å². The van der Waals surface area contributed by atoms with Gasteiger partial charge in [-0.1, -0.05) is 91.3 Å². The van der Waals surface area contributed by atoms with Crippen molar-refractivity contribution in [2.75, 3.05) is 84.3 Å². The number of unbranched alkanes of at least 4 members (excludes halogenated alkanes) is 1. The number of piperazine rings is 1. The number of hydrogen-bond acceptors (Lipinski definition) is 10. The number of anilines is 1. The molecule has 2 heterocycles. The monoisotopic (exact) mass is 981 g/mol. The van der Waals surface area contributed by atoms with Gasteiger partial charge in [-0.3, -0.25) is 23.7 Å². The zero-order valence-electron chi connectivity index (χ0n) is 45.4. The highest BCUT2D eigenvalue weighted by Crippen LogP contribution is 2.20. The number of carbonyl (C=O) groups is 5. The maximum absolute atomic E-state index is 13.8. The van der Waals surface area contributed by atoms with Crippen molar-refractivity contribution in [1.82, 2.24) is 34.5 Å². The summed E-state index contributed by atoms with van der Waals surface area (Å²) in [5.41, 5.74) is 7.65. The Labute approximate surface area is 422 Å². The summed E-state index contributed by atoms with van der Waals surface area (Å²) in [5, 5.41) is 4.93. The highest BCUT2D eigenvalue weighted by Gasteiger charge is 2.26. The minimum Gasteiger partial charge on any atom is -0.498 e. The summed E-state index contributed by atoms with van der Waals surface area (Å²) in [6, 6.07) is 9.07. The van der Waals surface area contributed by atoms with Gasteiger partial charge in [-0.25, -0.2) is 4.79 Å². The molecule has 0 spiro atoms. The van der Waals surface area contributed by atoms with Crippen molar-refractivity contribution in [3.05, 3.63) is 93.9 Å². The molecule has 0 radical (unpaired) electrons. The van der Waals surface area contributed by atoms with Crippen molar-refractivity contribution in [1.29, 1.82) is 0 Å². The van der Waals surface area contributed by atoms with Crippen molar-refractivity contribution in [2.45, 2.75) is 141 Å². The van der Waals surface area contributed by atoms with E-state index in [1.807, 2.05) is 65.8 Å². The van der Waals surface area contributed by atoms with Crippen molar-refractivity contribution in [3.8, 4) is 0 Å². The Morgan fingerprint density at radius 1 is 0.843 bits per heavy atom. The van der Waals surface area contributed by atoms with E-state index in [-0.39, 0.29) is 62.6 Å². The van der Waals surface area contributed by atoms with Crippen molar-refractivity contribution in [2.24, 2.45) is 0 Å². The number of amides is 4. The molecule has 396 valence electrons. The maximum atomic E-state index is 13.8. The molecule has 1 aromatic carbocycles. The molecule has 3 rings (SSSR count). The van der Waals surface area contributed by atoms with E-state index in [0.29, 0.717) is 57.5 Å². The fourth-order valence-corrected chi connectivity index (χ4v) is 7.01. The lowest BCUT2D eigenvalue weighted by atomic mass is 10.0. The van der Waals surface area contributed by atoms with E-state index in [4.69, 9.17) is 10.5 Å². The van der Waals surface area contributed by atoms with E-state index in [0.717, 1.165) is 54.7 Å². The van der Waals surface area contributed by atoms with Gasteiger partial charge in [0.05, 0.1) is 32.0 Å². The van der Waals surface area contributed by atoms with Crippen LogP contribution in [0.4, 0.5) is 5.82 Å². The molecule has 1 aliphatic heterocycles. The summed E-state index contributed by atoms with van der Waals surface area (Å²) in [5.74, 6) is -0.192. The molecule has 70 heavy (non-hydrogen) atoms. The molecule has 0 bridgehead atoms. The fraction of sp³-hybridized carbons (Fsp3) is 0.611. The molecule has 16 nitrogen and oxygen atoms in total. The van der Waals surface area contributed by atoms with Crippen molar-refractivity contribution < 1.29 is 34.0 Å². The average Bonchev–Trinajstić information content (AvgIpc) is 3.39. The molecule has 16 heteroatoms. The normalized spacial score (nSPS) is 12.1. The first-order valence-corrected chi connectivity index (χ1v) is 26.1. The molecule has 0 saturated carbocycles. The number of aromatic nitrogens is 2. The number of nitrogens with two attached hydrogens (primary N) is 2. The standard InChI is InChI=1S/C44H64N8O7.C4H11N.3C2H6/c1-5-9-10-11-14-33-59-37(20-18-36(6-2)48(7-3)8-4)19-17-35-15-12-13-16-38(35)43(57)51-29-27-50(28-30-51)41(55)22-21-40(54)46-24-26-49(31-32-53)42(56)34-52-25-23-39(45)47-44(52)58;1-3-5-4-2;3*1-2/h6,10-13,15-16,20,23,25,32H,5,7-9,14,17-19,21-22,24,26-31,33-34H2,1-4H3,(H,46,54)(H2,45,47,58);5H,3-4H2,1-2H3;3*1-2H3/p+1/b11-10-,36-6+,37-20+;;;;. The lowest BCUT2D eigenvalue weighted by Gasteiger charge is -2.35. The first-order valence-electron chi connectivity index (χ1n) is 26.1. The number of nitrogen functional groups attached to an aromatic ring is 1. The third kappa shape index (κ3) is 27.4. The number of hydrogen-bond donors (Lipinski definition) is 3. The first kappa shape index (κ1) is 66.3. The fourth-order valence-electron chi connectivity index (χ4n) is 7.01. The molecule has 4 amide bonds. The molecule has 0 atom stereocenters. The van der Waals surface area contributed by atoms with Crippen LogP contribution in [0.1, 0.15) is 144 Å². The average molecular weight is 981 g/mol. The number of benzene rings is 1. The van der Waals surface area contributed by atoms with Crippen LogP contribution in [-0.4, -0.2) is 138 Å². The molecule has 0 unspecified atom stereocenters. The number of rotatable bonds is 27. The van der Waals surface area contributed by atoms with Gasteiger partial charge in [0.15, 0.2) is 0 Å². The second-order valence-electron chi connectivity index (χ2n) is 15.3. The minimum absolute atomic E-state index is 0.00986. The summed E-state index contributed by atoms with van der Waals surface area (Å²) in [7, 11) is 0. The van der Waals surface area contributed by atoms with E-state index in [9.17, 15) is 28.8 Å². The van der Waals surface area contributed by atoms with Gasteiger partial charge in [-0.2, -0.15) is 4.98 Å². The Bertz CT molecular complexity index is 1880. The quantitative estimate of drug-likeness (QED) is 0.0379. The number of allylic oxidation sites excluding steroid dienone is 4. The van der Waals surface area contributed by atoms with Gasteiger partial charge in [-0.05, 0) is 77.7 Å². The second kappa shape index (κ2) is 43.3. The molecule has 1 saturated heterocycles. The van der Waals surface area contributed by atoms with E-state index in [1.54, 1.807) is 9.80 Å². The van der Waals surface area contributed by atoms with E-state index >= 15 is 0 Å². The summed E-state index contributed by atoms with van der Waals surface area (Å²) in [6.45, 7) is 30.8. The van der Waals surface area contributed by atoms with Gasteiger partial charge in [-0.15, -0.1) is 0 Å². The predicted molar refractivity (Wildman–Crippen MR) is 286 cm³/mol. The summed E-state index contributed by atoms with van der Waals surface area (Å²) in [4.78, 5) is 85.9. The lowest BCUT2D eigenvalue weighted by molar-refractivity contribution is -0.648. The van der Waals surface area contributed by atoms with Crippen LogP contribution in [0, 0.1) is 0 Å². The molecule has 1 aromatic heterocycles. The number of carbonyl (C=O) groups excluding carboxylic acids is 5. The topological polar surface area (TPSA) is 197 Å². The Hall–Kier alpha value is -5.77. The van der Waals surface area contributed by atoms with E-state index < -0.39 is 11.6 Å². The predicted octanol–water partition coefficient (Wildman–Crippen LogP) is 6.62. The Balaban J connectivity index is 0. The van der Waals surface area contributed by atoms with Gasteiger partial charge in [0.25, 0.3) is 5.91 Å². The summed E-state index contributed by atoms with van der Waals surface area (Å²) < 4.78 is 7.38. The maximum Gasteiger partial charge on any atom is 0.349 e. The minimum atomic E-state index is -0.693. The van der Waals surface area contributed by atoms with Crippen LogP contribution in [-0.2, 0) is 36.9 Å². The lowest BCUT2D eigenvalue weighted by Crippen LogP contribution is -2.82. The van der Waals surface area contributed by atoms with Crippen LogP contribution in [0.3, 0.4) is 0 Å². The second-order valence-corrected chi connectivity index (χ2v) is 15.3. The number of quaternary nitrogens is 1. The molecule has 1 aliphatic rings. The van der Waals surface area contributed by atoms with Crippen LogP contribution in [0.2, 0.25) is 0 Å². The number of nitrogens with zero attached hydrogens (tertiary/aromatic N) is 6. The summed E-state index contributed by atoms with van der Waals surface area (Å²) >= 11 is 0. The Morgan fingerprint density at radius 2 is 1.47 bits per heavy atom. The largest absolute Gasteiger partial charge is 0.498 e. The highest BCUT2D eigenvalue weighted by atomic mass is 16.5. The van der Waals surface area contributed by atoms with Gasteiger partial charge >= 0.3 is 5.69 Å². The molecule has 1 fully saturated rings. The highest BCUT2D eigenvalue weighted by molar-refractivity contribution is 5.96. The number of ether oxygens (including phenoxy) is 1. The molecule has 5 N–H and O–H groups in total. The van der Waals surface area contributed by atoms with Gasteiger partial charge in [0, 0.05) is 95.5 Å². The van der Waals surface area contributed by atoms with Gasteiger partial charge < -0.3 is 45.5 Å². The molecule has 2 aromatic rings. The van der Waals surface area contributed by atoms with Gasteiger partial charge in [0.2, 0.25) is 17.7 Å². The van der Waals surface area contributed by atoms with Crippen LogP contribution in [0.15, 0.2) is 77.1 Å². The number of aryl methyl sites for hydroxylation is 1. The number of aldehydes is 1. The third-order valence-corrected chi connectivity index (χ3v) is 10.7. The van der Waals surface area contributed by atoms with Crippen LogP contribution < -0.4 is 22.1 Å². The molecular weight excluding hydrogens is 887 g/mol. The third-order valence-electron chi connectivity index (χ3n) is 10.7. The summed E-state index contributed by atoms with van der Waals surface area (Å²) in [6.07, 6.45) is 15.6. The number of nitrogens with one attached hydrogen (secondary N) is 1. The van der Waals surface area contributed by atoms with Gasteiger partial charge in [0.1, 0.15) is 18.6 Å². The Morgan fingerprint density at radius 3 is 2.04 bits per heavy atom. The molecule has 0 aliphatic carbocycles. The zero-order valence-corrected chi connectivity index (χ0v) is 45.4. The zero-order chi connectivity index (χ0) is 53.1. The smallest absolute Gasteiger partial charge is 0.349 e. The van der Waals surface area contributed by atoms with E-state index in [1.165, 1.54) is 35.9 Å². The van der Waals surface area contributed by atoms with Crippen LogP contribution >= 0.6 is 0 Å². The molecular formula is C54H94N9O7+. The van der Waals surface area contributed by atoms with Crippen molar-refractivity contribution in [3.63, 3.8) is 0 Å². The van der Waals surface area contributed by atoms with Crippen molar-refractivity contribution >= 4 is 35.7 Å².